The van der Waals surface area contributed by atoms with E-state index < -0.39 is 0 Å². The molecule has 0 aliphatic carbocycles. The predicted molar refractivity (Wildman–Crippen MR) is 85.3 cm³/mol. The van der Waals surface area contributed by atoms with Crippen LogP contribution in [-0.2, 0) is 4.79 Å². The Hall–Kier alpha value is -1.88. The summed E-state index contributed by atoms with van der Waals surface area (Å²) in [7, 11) is 0. The molecule has 0 radical (unpaired) electrons. The van der Waals surface area contributed by atoms with Gasteiger partial charge in [-0.1, -0.05) is 13.0 Å². The highest BCUT2D eigenvalue weighted by Gasteiger charge is 2.03. The zero-order valence-corrected chi connectivity index (χ0v) is 13.0. The van der Waals surface area contributed by atoms with Gasteiger partial charge in [0.2, 0.25) is 5.91 Å². The molecule has 1 aromatic carbocycles. The van der Waals surface area contributed by atoms with E-state index in [1.807, 2.05) is 44.2 Å². The lowest BCUT2D eigenvalue weighted by atomic mass is 10.2. The molecule has 1 aromatic heterocycles. The number of nitrogens with zero attached hydrogens (tertiary/aromatic N) is 1. The molecule has 2 rings (SSSR count). The van der Waals surface area contributed by atoms with Gasteiger partial charge >= 0.3 is 0 Å². The minimum Gasteiger partial charge on any atom is -0.339 e. The molecule has 2 N–H and O–H groups in total. The van der Waals surface area contributed by atoms with Gasteiger partial charge in [0.25, 0.3) is 0 Å². The summed E-state index contributed by atoms with van der Waals surface area (Å²) in [6.07, 6.45) is 2.09. The number of hydrogen-bond acceptors (Lipinski definition) is 3. The molecule has 1 amide bonds. The third-order valence-corrected chi connectivity index (χ3v) is 3.41. The van der Waals surface area contributed by atoms with Gasteiger partial charge < -0.3 is 10.6 Å². The highest BCUT2D eigenvalue weighted by Crippen LogP contribution is 2.26. The number of benzene rings is 1. The fourth-order valence-electron chi connectivity index (χ4n) is 1.65. The quantitative estimate of drug-likeness (QED) is 0.879. The largest absolute Gasteiger partial charge is 0.339 e. The van der Waals surface area contributed by atoms with E-state index >= 15 is 0 Å². The molecule has 0 unspecified atom stereocenters. The minimum atomic E-state index is -0.0196. The Bertz CT molecular complexity index is 611. The van der Waals surface area contributed by atoms with Crippen LogP contribution in [0.5, 0.6) is 0 Å². The Kier molecular flexibility index (Phi) is 4.74. The van der Waals surface area contributed by atoms with Gasteiger partial charge in [0, 0.05) is 10.9 Å². The topological polar surface area (TPSA) is 54.0 Å². The monoisotopic (exact) mass is 333 g/mol. The molecule has 1 heterocycles. The molecule has 0 aliphatic heterocycles. The van der Waals surface area contributed by atoms with Gasteiger partial charge in [-0.25, -0.2) is 4.98 Å². The van der Waals surface area contributed by atoms with E-state index in [-0.39, 0.29) is 5.91 Å². The van der Waals surface area contributed by atoms with E-state index in [4.69, 9.17) is 0 Å². The van der Waals surface area contributed by atoms with Crippen molar-refractivity contribution in [3.05, 3.63) is 46.6 Å². The number of aryl methyl sites for hydroxylation is 1. The summed E-state index contributed by atoms with van der Waals surface area (Å²) in [5, 5.41) is 5.99. The van der Waals surface area contributed by atoms with Crippen LogP contribution in [0.2, 0.25) is 0 Å². The molecule has 0 fully saturated rings. The highest BCUT2D eigenvalue weighted by atomic mass is 79.9. The van der Waals surface area contributed by atoms with Crippen LogP contribution >= 0.6 is 15.9 Å². The molecular weight excluding hydrogens is 318 g/mol. The van der Waals surface area contributed by atoms with Gasteiger partial charge in [-0.15, -0.1) is 0 Å². The summed E-state index contributed by atoms with van der Waals surface area (Å²) in [5.74, 6) is 0.706. The first-order chi connectivity index (χ1) is 9.58. The SMILES string of the molecule is CCC(=O)Nc1ccc(Nc2ccc(C)cc2Br)nc1. The van der Waals surface area contributed by atoms with Crippen molar-refractivity contribution in [3.63, 3.8) is 0 Å². The molecule has 0 saturated heterocycles. The molecule has 0 aliphatic rings. The van der Waals surface area contributed by atoms with Crippen molar-refractivity contribution < 1.29 is 4.79 Å². The number of aromatic nitrogens is 1. The van der Waals surface area contributed by atoms with Gasteiger partial charge in [-0.3, -0.25) is 4.79 Å². The average molecular weight is 334 g/mol. The summed E-state index contributed by atoms with van der Waals surface area (Å²) in [4.78, 5) is 15.6. The fourth-order valence-corrected chi connectivity index (χ4v) is 2.24. The lowest BCUT2D eigenvalue weighted by Gasteiger charge is -2.09. The highest BCUT2D eigenvalue weighted by molar-refractivity contribution is 9.10. The first kappa shape index (κ1) is 14.5. The van der Waals surface area contributed by atoms with Crippen LogP contribution in [0.15, 0.2) is 41.0 Å². The minimum absolute atomic E-state index is 0.0196. The summed E-state index contributed by atoms with van der Waals surface area (Å²) < 4.78 is 0.989. The van der Waals surface area contributed by atoms with Crippen molar-refractivity contribution in [2.24, 2.45) is 0 Å². The zero-order valence-electron chi connectivity index (χ0n) is 11.4. The number of amides is 1. The van der Waals surface area contributed by atoms with Crippen LogP contribution in [0.25, 0.3) is 0 Å². The lowest BCUT2D eigenvalue weighted by Crippen LogP contribution is -2.09. The summed E-state index contributed by atoms with van der Waals surface area (Å²) in [5.41, 5.74) is 2.84. The van der Waals surface area contributed by atoms with Crippen molar-refractivity contribution >= 4 is 39.0 Å². The van der Waals surface area contributed by atoms with Gasteiger partial charge in [0.05, 0.1) is 17.6 Å². The molecule has 0 atom stereocenters. The summed E-state index contributed by atoms with van der Waals surface area (Å²) >= 11 is 3.51. The van der Waals surface area contributed by atoms with E-state index in [9.17, 15) is 4.79 Å². The van der Waals surface area contributed by atoms with E-state index in [1.54, 1.807) is 6.20 Å². The number of carbonyl (C=O) groups is 1. The zero-order chi connectivity index (χ0) is 14.5. The van der Waals surface area contributed by atoms with Crippen molar-refractivity contribution in [2.75, 3.05) is 10.6 Å². The van der Waals surface area contributed by atoms with Crippen LogP contribution in [0.4, 0.5) is 17.2 Å². The number of nitrogens with one attached hydrogen (secondary N) is 2. The Morgan fingerprint density at radius 1 is 1.30 bits per heavy atom. The van der Waals surface area contributed by atoms with Gasteiger partial charge in [0.1, 0.15) is 5.82 Å². The second kappa shape index (κ2) is 6.52. The van der Waals surface area contributed by atoms with Gasteiger partial charge in [0.15, 0.2) is 0 Å². The van der Waals surface area contributed by atoms with Gasteiger partial charge in [-0.2, -0.15) is 0 Å². The first-order valence-electron chi connectivity index (χ1n) is 6.37. The molecule has 2 aromatic rings. The van der Waals surface area contributed by atoms with E-state index in [1.165, 1.54) is 5.56 Å². The number of halogens is 1. The van der Waals surface area contributed by atoms with Crippen LogP contribution in [0.3, 0.4) is 0 Å². The standard InChI is InChI=1S/C15H16BrN3O/c1-3-15(20)18-11-5-7-14(17-9-11)19-13-6-4-10(2)8-12(13)16/h4-9H,3H2,1-2H3,(H,17,19)(H,18,20). The van der Waals surface area contributed by atoms with Crippen molar-refractivity contribution in [1.82, 2.24) is 4.98 Å². The molecule has 20 heavy (non-hydrogen) atoms. The second-order valence-electron chi connectivity index (χ2n) is 4.44. The van der Waals surface area contributed by atoms with Crippen LogP contribution in [0.1, 0.15) is 18.9 Å². The Morgan fingerprint density at radius 3 is 2.70 bits per heavy atom. The van der Waals surface area contributed by atoms with Crippen LogP contribution in [0, 0.1) is 6.92 Å². The number of pyridine rings is 1. The Balaban J connectivity index is 2.08. The van der Waals surface area contributed by atoms with Crippen LogP contribution in [-0.4, -0.2) is 10.9 Å². The third kappa shape index (κ3) is 3.81. The number of hydrogen-bond donors (Lipinski definition) is 2. The van der Waals surface area contributed by atoms with Crippen molar-refractivity contribution in [2.45, 2.75) is 20.3 Å². The Labute approximate surface area is 126 Å². The lowest BCUT2D eigenvalue weighted by molar-refractivity contribution is -0.115. The van der Waals surface area contributed by atoms with Gasteiger partial charge in [-0.05, 0) is 52.7 Å². The molecule has 5 heteroatoms. The molecule has 4 nitrogen and oxygen atoms in total. The number of carbonyl (C=O) groups excluding carboxylic acids is 1. The number of rotatable bonds is 4. The smallest absolute Gasteiger partial charge is 0.224 e. The molecule has 104 valence electrons. The maximum absolute atomic E-state index is 11.3. The van der Waals surface area contributed by atoms with E-state index in [0.717, 1.165) is 16.0 Å². The maximum Gasteiger partial charge on any atom is 0.224 e. The Morgan fingerprint density at radius 2 is 2.10 bits per heavy atom. The molecule has 0 spiro atoms. The van der Waals surface area contributed by atoms with E-state index in [2.05, 4.69) is 31.5 Å². The predicted octanol–water partition coefficient (Wildman–Crippen LogP) is 4.24. The summed E-state index contributed by atoms with van der Waals surface area (Å²) in [6, 6.07) is 9.72. The summed E-state index contributed by atoms with van der Waals surface area (Å²) in [6.45, 7) is 3.85. The fraction of sp³-hybridized carbons (Fsp3) is 0.200. The third-order valence-electron chi connectivity index (χ3n) is 2.76. The van der Waals surface area contributed by atoms with Crippen LogP contribution < -0.4 is 10.6 Å². The normalized spacial score (nSPS) is 10.2. The van der Waals surface area contributed by atoms with Crippen molar-refractivity contribution in [3.8, 4) is 0 Å². The average Bonchev–Trinajstić information content (AvgIpc) is 2.44. The first-order valence-corrected chi connectivity index (χ1v) is 7.17. The molecule has 0 saturated carbocycles. The van der Waals surface area contributed by atoms with Crippen molar-refractivity contribution in [1.29, 1.82) is 0 Å². The number of anilines is 3. The maximum atomic E-state index is 11.3. The molecular formula is C15H16BrN3O. The van der Waals surface area contributed by atoms with E-state index in [0.29, 0.717) is 12.1 Å². The molecule has 0 bridgehead atoms. The second-order valence-corrected chi connectivity index (χ2v) is 5.30.